The Bertz CT molecular complexity index is 1100. The highest BCUT2D eigenvalue weighted by atomic mass is 16.2. The zero-order valence-electron chi connectivity index (χ0n) is 15.7. The van der Waals surface area contributed by atoms with E-state index in [0.717, 1.165) is 29.7 Å². The van der Waals surface area contributed by atoms with Gasteiger partial charge in [-0.05, 0) is 42.8 Å². The first-order chi connectivity index (χ1) is 13.5. The molecule has 0 unspecified atom stereocenters. The number of carbonyl (C=O) groups excluding carboxylic acids is 2. The number of imidazole rings is 1. The first-order valence-corrected chi connectivity index (χ1v) is 9.39. The van der Waals surface area contributed by atoms with Gasteiger partial charge in [-0.2, -0.15) is 0 Å². The molecule has 0 saturated carbocycles. The Morgan fingerprint density at radius 2 is 1.75 bits per heavy atom. The minimum atomic E-state index is -0.162. The van der Waals surface area contributed by atoms with Gasteiger partial charge < -0.3 is 10.2 Å². The third kappa shape index (κ3) is 3.31. The molecule has 7 heteroatoms. The van der Waals surface area contributed by atoms with Crippen molar-refractivity contribution in [1.29, 1.82) is 0 Å². The predicted molar refractivity (Wildman–Crippen MR) is 108 cm³/mol. The summed E-state index contributed by atoms with van der Waals surface area (Å²) in [4.78, 5) is 38.3. The molecule has 1 aromatic heterocycles. The lowest BCUT2D eigenvalue weighted by molar-refractivity contribution is -0.117. The first kappa shape index (κ1) is 18.0. The highest BCUT2D eigenvalue weighted by molar-refractivity contribution is 5.96. The number of nitrogens with zero attached hydrogens (tertiary/aromatic N) is 3. The van der Waals surface area contributed by atoms with Crippen LogP contribution < -0.4 is 15.9 Å². The summed E-state index contributed by atoms with van der Waals surface area (Å²) < 4.78 is 3.21. The molecule has 0 radical (unpaired) electrons. The number of rotatable bonds is 5. The lowest BCUT2D eigenvalue weighted by atomic mass is 10.2. The molecular formula is C21H22N4O3. The summed E-state index contributed by atoms with van der Waals surface area (Å²) in [6, 6.07) is 14.8. The van der Waals surface area contributed by atoms with Crippen LogP contribution in [0.15, 0.2) is 53.3 Å². The molecule has 7 nitrogen and oxygen atoms in total. The van der Waals surface area contributed by atoms with Crippen molar-refractivity contribution in [2.45, 2.75) is 25.8 Å². The summed E-state index contributed by atoms with van der Waals surface area (Å²) in [6.07, 6.45) is 1.66. The molecule has 144 valence electrons. The second-order valence-corrected chi connectivity index (χ2v) is 6.98. The van der Waals surface area contributed by atoms with Crippen LogP contribution in [0.5, 0.6) is 0 Å². The van der Waals surface area contributed by atoms with Crippen molar-refractivity contribution in [3.63, 3.8) is 0 Å². The second-order valence-electron chi connectivity index (χ2n) is 6.98. The lowest BCUT2D eigenvalue weighted by Gasteiger charge is -2.16. The number of aromatic nitrogens is 2. The van der Waals surface area contributed by atoms with Crippen LogP contribution in [-0.2, 0) is 23.2 Å². The molecule has 1 aliphatic rings. The SMILES string of the molecule is Cn1c(=O)n(CCC(=O)Nc2ccc(N3CCCC3=O)cc2)c2ccccc21. The van der Waals surface area contributed by atoms with E-state index in [9.17, 15) is 14.4 Å². The average molecular weight is 378 g/mol. The number of benzene rings is 2. The molecule has 2 aromatic carbocycles. The predicted octanol–water partition coefficient (Wildman–Crippen LogP) is 2.50. The normalized spacial score (nSPS) is 14.0. The summed E-state index contributed by atoms with van der Waals surface area (Å²) in [7, 11) is 1.73. The van der Waals surface area contributed by atoms with E-state index in [1.807, 2.05) is 36.4 Å². The van der Waals surface area contributed by atoms with Crippen LogP contribution in [0.4, 0.5) is 11.4 Å². The average Bonchev–Trinajstić information content (AvgIpc) is 3.23. The Hall–Kier alpha value is -3.35. The zero-order valence-corrected chi connectivity index (χ0v) is 15.7. The van der Waals surface area contributed by atoms with E-state index in [0.29, 0.717) is 18.7 Å². The molecule has 1 fully saturated rings. The smallest absolute Gasteiger partial charge is 0.326 e. The third-order valence-corrected chi connectivity index (χ3v) is 5.15. The molecule has 0 aliphatic carbocycles. The third-order valence-electron chi connectivity index (χ3n) is 5.15. The van der Waals surface area contributed by atoms with Gasteiger partial charge in [-0.3, -0.25) is 18.7 Å². The topological polar surface area (TPSA) is 76.3 Å². The first-order valence-electron chi connectivity index (χ1n) is 9.39. The molecule has 2 heterocycles. The maximum atomic E-state index is 12.4. The molecule has 4 rings (SSSR count). The number of anilines is 2. The van der Waals surface area contributed by atoms with Gasteiger partial charge in [0.15, 0.2) is 0 Å². The molecule has 0 spiro atoms. The van der Waals surface area contributed by atoms with Gasteiger partial charge in [0.2, 0.25) is 11.8 Å². The molecule has 28 heavy (non-hydrogen) atoms. The van der Waals surface area contributed by atoms with E-state index in [-0.39, 0.29) is 23.9 Å². The van der Waals surface area contributed by atoms with Crippen molar-refractivity contribution in [2.75, 3.05) is 16.8 Å². The zero-order chi connectivity index (χ0) is 19.7. The summed E-state index contributed by atoms with van der Waals surface area (Å²) in [6.45, 7) is 1.05. The van der Waals surface area contributed by atoms with Crippen molar-refractivity contribution in [3.8, 4) is 0 Å². The van der Waals surface area contributed by atoms with Gasteiger partial charge in [0, 0.05) is 44.4 Å². The van der Waals surface area contributed by atoms with Gasteiger partial charge >= 0.3 is 5.69 Å². The molecular weight excluding hydrogens is 356 g/mol. The fourth-order valence-electron chi connectivity index (χ4n) is 3.66. The Morgan fingerprint density at radius 1 is 1.04 bits per heavy atom. The van der Waals surface area contributed by atoms with Crippen molar-refractivity contribution in [2.24, 2.45) is 7.05 Å². The largest absolute Gasteiger partial charge is 0.328 e. The van der Waals surface area contributed by atoms with Gasteiger partial charge in [-0.25, -0.2) is 4.79 Å². The van der Waals surface area contributed by atoms with E-state index in [2.05, 4.69) is 5.32 Å². The summed E-state index contributed by atoms with van der Waals surface area (Å²) in [5.74, 6) is -0.0258. The number of carbonyl (C=O) groups is 2. The number of aryl methyl sites for hydroxylation is 2. The van der Waals surface area contributed by atoms with Crippen LogP contribution in [-0.4, -0.2) is 27.5 Å². The van der Waals surface area contributed by atoms with E-state index >= 15 is 0 Å². The van der Waals surface area contributed by atoms with Crippen molar-refractivity contribution in [1.82, 2.24) is 9.13 Å². The van der Waals surface area contributed by atoms with Gasteiger partial charge in [0.05, 0.1) is 11.0 Å². The Morgan fingerprint density at radius 3 is 2.43 bits per heavy atom. The van der Waals surface area contributed by atoms with Crippen LogP contribution in [0.2, 0.25) is 0 Å². The number of hydrogen-bond donors (Lipinski definition) is 1. The Kier molecular flexibility index (Phi) is 4.73. The van der Waals surface area contributed by atoms with Crippen molar-refractivity contribution >= 4 is 34.2 Å². The molecule has 0 bridgehead atoms. The summed E-state index contributed by atoms with van der Waals surface area (Å²) >= 11 is 0. The fourth-order valence-corrected chi connectivity index (χ4v) is 3.66. The van der Waals surface area contributed by atoms with Crippen LogP contribution >= 0.6 is 0 Å². The van der Waals surface area contributed by atoms with E-state index in [1.165, 1.54) is 0 Å². The number of amides is 2. The number of hydrogen-bond acceptors (Lipinski definition) is 3. The van der Waals surface area contributed by atoms with Gasteiger partial charge in [0.25, 0.3) is 0 Å². The quantitative estimate of drug-likeness (QED) is 0.741. The summed E-state index contributed by atoms with van der Waals surface area (Å²) in [5, 5.41) is 2.85. The highest BCUT2D eigenvalue weighted by Crippen LogP contribution is 2.23. The lowest BCUT2D eigenvalue weighted by Crippen LogP contribution is -2.24. The Balaban J connectivity index is 1.41. The maximum Gasteiger partial charge on any atom is 0.328 e. The standard InChI is InChI=1S/C21H22N4O3/c1-23-17-5-2-3-6-18(17)25(21(23)28)14-12-19(26)22-15-8-10-16(11-9-15)24-13-4-7-20(24)27/h2-3,5-6,8-11H,4,7,12-14H2,1H3,(H,22,26). The monoisotopic (exact) mass is 378 g/mol. The maximum absolute atomic E-state index is 12.4. The van der Waals surface area contributed by atoms with Crippen LogP contribution in [0.3, 0.4) is 0 Å². The highest BCUT2D eigenvalue weighted by Gasteiger charge is 2.21. The summed E-state index contributed by atoms with van der Waals surface area (Å²) in [5.41, 5.74) is 3.06. The Labute approximate surface area is 162 Å². The van der Waals surface area contributed by atoms with E-state index in [4.69, 9.17) is 0 Å². The number of fused-ring (bicyclic) bond motifs is 1. The van der Waals surface area contributed by atoms with E-state index < -0.39 is 0 Å². The minimum absolute atomic E-state index is 0.131. The minimum Gasteiger partial charge on any atom is -0.326 e. The molecule has 3 aromatic rings. The van der Waals surface area contributed by atoms with Gasteiger partial charge in [-0.1, -0.05) is 12.1 Å². The number of para-hydroxylation sites is 2. The van der Waals surface area contributed by atoms with Crippen LogP contribution in [0.1, 0.15) is 19.3 Å². The molecule has 2 amide bonds. The van der Waals surface area contributed by atoms with Gasteiger partial charge in [-0.15, -0.1) is 0 Å². The molecule has 1 N–H and O–H groups in total. The van der Waals surface area contributed by atoms with Gasteiger partial charge in [0.1, 0.15) is 0 Å². The molecule has 0 atom stereocenters. The van der Waals surface area contributed by atoms with Crippen molar-refractivity contribution < 1.29 is 9.59 Å². The molecule has 1 saturated heterocycles. The van der Waals surface area contributed by atoms with Crippen molar-refractivity contribution in [3.05, 3.63) is 59.0 Å². The molecule has 1 aliphatic heterocycles. The van der Waals surface area contributed by atoms with Crippen LogP contribution in [0, 0.1) is 0 Å². The second kappa shape index (κ2) is 7.34. The fraction of sp³-hybridized carbons (Fsp3) is 0.286. The van der Waals surface area contributed by atoms with E-state index in [1.54, 1.807) is 33.2 Å². The number of nitrogens with one attached hydrogen (secondary N) is 1. The van der Waals surface area contributed by atoms with Crippen LogP contribution in [0.25, 0.3) is 11.0 Å².